The highest BCUT2D eigenvalue weighted by Crippen LogP contribution is 2.44. The minimum Gasteiger partial charge on any atom is -0.505 e. The third-order valence-corrected chi connectivity index (χ3v) is 4.66. The van der Waals surface area contributed by atoms with Gasteiger partial charge in [-0.05, 0) is 37.5 Å². The third kappa shape index (κ3) is 3.42. The summed E-state index contributed by atoms with van der Waals surface area (Å²) >= 11 is 1.04. The lowest BCUT2D eigenvalue weighted by Crippen LogP contribution is -1.87. The van der Waals surface area contributed by atoms with Crippen molar-refractivity contribution in [3.05, 3.63) is 35.4 Å². The fraction of sp³-hybridized carbons (Fsp3) is 0.118. The lowest BCUT2D eigenvalue weighted by atomic mass is 10.1. The van der Waals surface area contributed by atoms with Gasteiger partial charge in [0.2, 0.25) is 0 Å². The van der Waals surface area contributed by atoms with Gasteiger partial charge in [0.15, 0.2) is 22.3 Å². The Bertz CT molecular complexity index is 1370. The van der Waals surface area contributed by atoms with Crippen LogP contribution in [0, 0.1) is 25.2 Å². The van der Waals surface area contributed by atoms with Gasteiger partial charge in [0.05, 0.1) is 22.8 Å². The van der Waals surface area contributed by atoms with Crippen molar-refractivity contribution in [3.63, 3.8) is 0 Å². The molecular formula is C17H11N9O3S. The second kappa shape index (κ2) is 7.60. The molecule has 0 aliphatic heterocycles. The summed E-state index contributed by atoms with van der Waals surface area (Å²) in [5, 5.41) is 49.9. The van der Waals surface area contributed by atoms with Crippen molar-refractivity contribution in [1.82, 2.24) is 19.5 Å². The standard InChI is InChI=1S/C17H11N9O3S/c1-7-9(5-18)13-11(6-19-7)26-30-16(13)23-21-10-3-4-12(27)14(15(10)28)22-24-17-20-8(2)25-29-17/h3-4,6,27-28H,1-2H3/b23-21+,24-22+. The van der Waals surface area contributed by atoms with E-state index in [2.05, 4.69) is 46.0 Å². The van der Waals surface area contributed by atoms with Gasteiger partial charge in [0.25, 0.3) is 0 Å². The van der Waals surface area contributed by atoms with E-state index >= 15 is 0 Å². The Hall–Kier alpha value is -4.31. The van der Waals surface area contributed by atoms with Crippen LogP contribution >= 0.6 is 11.5 Å². The van der Waals surface area contributed by atoms with E-state index < -0.39 is 5.75 Å². The van der Waals surface area contributed by atoms with E-state index in [9.17, 15) is 15.5 Å². The molecule has 12 nitrogen and oxygen atoms in total. The van der Waals surface area contributed by atoms with Crippen molar-refractivity contribution in [2.24, 2.45) is 20.5 Å². The zero-order valence-corrected chi connectivity index (χ0v) is 16.3. The number of nitrogens with zero attached hydrogens (tertiary/aromatic N) is 9. The molecule has 0 fully saturated rings. The molecule has 3 aromatic heterocycles. The first-order valence-electron chi connectivity index (χ1n) is 8.31. The molecule has 13 heteroatoms. The van der Waals surface area contributed by atoms with Gasteiger partial charge in [-0.3, -0.25) is 4.98 Å². The van der Waals surface area contributed by atoms with Crippen molar-refractivity contribution in [3.8, 4) is 17.6 Å². The molecule has 0 saturated carbocycles. The van der Waals surface area contributed by atoms with Crippen molar-refractivity contribution >= 4 is 44.8 Å². The van der Waals surface area contributed by atoms with E-state index in [1.165, 1.54) is 12.1 Å². The van der Waals surface area contributed by atoms with E-state index in [0.29, 0.717) is 33.0 Å². The summed E-state index contributed by atoms with van der Waals surface area (Å²) in [6.07, 6.45) is 1.55. The molecule has 1 aromatic carbocycles. The van der Waals surface area contributed by atoms with Crippen LogP contribution in [-0.2, 0) is 0 Å². The molecule has 3 heterocycles. The summed E-state index contributed by atoms with van der Waals surface area (Å²) in [7, 11) is 0. The largest absolute Gasteiger partial charge is 0.505 e. The van der Waals surface area contributed by atoms with Gasteiger partial charge in [-0.1, -0.05) is 10.3 Å². The number of aryl methyl sites for hydroxylation is 2. The van der Waals surface area contributed by atoms with Crippen LogP contribution in [-0.4, -0.2) is 29.7 Å². The van der Waals surface area contributed by atoms with Gasteiger partial charge in [-0.2, -0.15) is 14.6 Å². The molecule has 4 rings (SSSR count). The van der Waals surface area contributed by atoms with E-state index in [0.717, 1.165) is 11.5 Å². The van der Waals surface area contributed by atoms with Crippen LogP contribution in [0.15, 0.2) is 43.3 Å². The number of nitriles is 1. The minimum atomic E-state index is -0.453. The van der Waals surface area contributed by atoms with Crippen LogP contribution < -0.4 is 0 Å². The van der Waals surface area contributed by atoms with Gasteiger partial charge in [0, 0.05) is 0 Å². The van der Waals surface area contributed by atoms with Crippen LogP contribution in [0.25, 0.3) is 10.9 Å². The SMILES string of the molecule is Cc1noc(/N=N/c2c(O)ccc(/N=N/c3snc4cnc(C)c(C#N)c34)c2O)n1. The monoisotopic (exact) mass is 421 g/mol. The van der Waals surface area contributed by atoms with Crippen molar-refractivity contribution < 1.29 is 14.7 Å². The topological polar surface area (TPSA) is 178 Å². The van der Waals surface area contributed by atoms with E-state index in [4.69, 9.17) is 4.52 Å². The molecule has 0 spiro atoms. The quantitative estimate of drug-likeness (QED) is 0.441. The summed E-state index contributed by atoms with van der Waals surface area (Å²) in [5.41, 5.74) is 1.21. The molecule has 30 heavy (non-hydrogen) atoms. The molecule has 4 aromatic rings. The molecule has 0 aliphatic rings. The maximum Gasteiger partial charge on any atom is 0.366 e. The Morgan fingerprint density at radius 2 is 1.97 bits per heavy atom. The first kappa shape index (κ1) is 19.0. The smallest absolute Gasteiger partial charge is 0.366 e. The second-order valence-corrected chi connectivity index (χ2v) is 6.66. The first-order chi connectivity index (χ1) is 14.5. The number of pyridine rings is 1. The van der Waals surface area contributed by atoms with Gasteiger partial charge < -0.3 is 14.7 Å². The maximum absolute atomic E-state index is 10.4. The Balaban J connectivity index is 1.72. The Morgan fingerprint density at radius 1 is 1.13 bits per heavy atom. The summed E-state index contributed by atoms with van der Waals surface area (Å²) in [5.74, 6) is -0.423. The lowest BCUT2D eigenvalue weighted by Gasteiger charge is -2.03. The molecular weight excluding hydrogens is 410 g/mol. The molecule has 0 aliphatic carbocycles. The zero-order valence-electron chi connectivity index (χ0n) is 15.5. The molecule has 2 N–H and O–H groups in total. The summed E-state index contributed by atoms with van der Waals surface area (Å²) in [6.45, 7) is 3.32. The molecule has 0 unspecified atom stereocenters. The van der Waals surface area contributed by atoms with Crippen molar-refractivity contribution in [2.75, 3.05) is 0 Å². The predicted octanol–water partition coefficient (Wildman–Crippen LogP) is 4.80. The Kier molecular flexibility index (Phi) is 4.82. The lowest BCUT2D eigenvalue weighted by molar-refractivity contribution is 0.420. The molecule has 0 bridgehead atoms. The number of aromatic hydroxyl groups is 2. The highest BCUT2D eigenvalue weighted by atomic mass is 32.1. The van der Waals surface area contributed by atoms with Gasteiger partial charge in [0.1, 0.15) is 23.0 Å². The molecule has 0 saturated heterocycles. The normalized spacial score (nSPS) is 11.6. The number of phenolic OH excluding ortho intramolecular Hbond substituents is 2. The summed E-state index contributed by atoms with van der Waals surface area (Å²) < 4.78 is 9.02. The Labute approximate surface area is 172 Å². The minimum absolute atomic E-state index is 0.0225. The number of fused-ring (bicyclic) bond motifs is 1. The van der Waals surface area contributed by atoms with Gasteiger partial charge >= 0.3 is 6.01 Å². The van der Waals surface area contributed by atoms with Crippen LogP contribution in [0.5, 0.6) is 11.5 Å². The Morgan fingerprint density at radius 3 is 2.70 bits per heavy atom. The zero-order chi connectivity index (χ0) is 21.3. The van der Waals surface area contributed by atoms with Gasteiger partial charge in [-0.25, -0.2) is 0 Å². The molecule has 0 atom stereocenters. The summed E-state index contributed by atoms with van der Waals surface area (Å²) in [4.78, 5) is 7.98. The average molecular weight is 421 g/mol. The highest BCUT2D eigenvalue weighted by molar-refractivity contribution is 7.11. The maximum atomic E-state index is 10.4. The van der Waals surface area contributed by atoms with E-state index in [1.54, 1.807) is 20.0 Å². The van der Waals surface area contributed by atoms with Crippen LogP contribution in [0.4, 0.5) is 22.4 Å². The third-order valence-electron chi connectivity index (χ3n) is 3.91. The highest BCUT2D eigenvalue weighted by Gasteiger charge is 2.16. The number of azo groups is 2. The summed E-state index contributed by atoms with van der Waals surface area (Å²) in [6, 6.07) is 4.59. The average Bonchev–Trinajstić information content (AvgIpc) is 3.33. The predicted molar refractivity (Wildman–Crippen MR) is 104 cm³/mol. The number of hydrogen-bond acceptors (Lipinski definition) is 13. The van der Waals surface area contributed by atoms with Crippen molar-refractivity contribution in [2.45, 2.75) is 13.8 Å². The molecule has 0 amide bonds. The van der Waals surface area contributed by atoms with Gasteiger partial charge in [-0.15, -0.1) is 15.3 Å². The number of benzene rings is 1. The number of phenols is 2. The second-order valence-electron chi connectivity index (χ2n) is 5.90. The van der Waals surface area contributed by atoms with E-state index in [1.807, 2.05) is 0 Å². The first-order valence-corrected chi connectivity index (χ1v) is 9.09. The van der Waals surface area contributed by atoms with E-state index in [-0.39, 0.29) is 23.1 Å². The number of rotatable bonds is 4. The fourth-order valence-electron chi connectivity index (χ4n) is 2.48. The number of hydrogen-bond donors (Lipinski definition) is 2. The van der Waals surface area contributed by atoms with Crippen LogP contribution in [0.2, 0.25) is 0 Å². The molecule has 148 valence electrons. The van der Waals surface area contributed by atoms with Crippen LogP contribution in [0.1, 0.15) is 17.1 Å². The number of aromatic nitrogens is 4. The molecule has 0 radical (unpaired) electrons. The fourth-order valence-corrected chi connectivity index (χ4v) is 3.18. The van der Waals surface area contributed by atoms with Crippen LogP contribution in [0.3, 0.4) is 0 Å². The van der Waals surface area contributed by atoms with Crippen molar-refractivity contribution in [1.29, 1.82) is 5.26 Å².